The average Bonchev–Trinajstić information content (AvgIpc) is 2.78. The van der Waals surface area contributed by atoms with Crippen molar-refractivity contribution in [3.05, 3.63) is 24.4 Å². The van der Waals surface area contributed by atoms with Crippen LogP contribution in [0.2, 0.25) is 0 Å². The summed E-state index contributed by atoms with van der Waals surface area (Å²) >= 11 is 0. The van der Waals surface area contributed by atoms with E-state index in [4.69, 9.17) is 9.47 Å². The van der Waals surface area contributed by atoms with E-state index < -0.39 is 0 Å². The molecule has 1 saturated heterocycles. The van der Waals surface area contributed by atoms with Gasteiger partial charge in [0.15, 0.2) is 11.5 Å². The Labute approximate surface area is 123 Å². The molecule has 0 radical (unpaired) electrons. The zero-order valence-corrected chi connectivity index (χ0v) is 12.0. The number of hydrogen-bond donors (Lipinski definition) is 1. The van der Waals surface area contributed by atoms with E-state index in [1.165, 1.54) is 0 Å². The van der Waals surface area contributed by atoms with Crippen molar-refractivity contribution in [1.29, 1.82) is 0 Å². The first kappa shape index (κ1) is 12.7. The zero-order chi connectivity index (χ0) is 14.1. The molecule has 1 N–H and O–H groups in total. The van der Waals surface area contributed by atoms with Gasteiger partial charge in [-0.1, -0.05) is 0 Å². The summed E-state index contributed by atoms with van der Waals surface area (Å²) < 4.78 is 11.6. The maximum atomic E-state index is 5.82. The van der Waals surface area contributed by atoms with E-state index in [2.05, 4.69) is 27.3 Å². The lowest BCUT2D eigenvalue weighted by molar-refractivity contribution is 0.297. The van der Waals surface area contributed by atoms with Crippen LogP contribution in [0.25, 0.3) is 10.8 Å². The molecule has 2 aromatic rings. The van der Waals surface area contributed by atoms with Gasteiger partial charge in [-0.05, 0) is 23.6 Å². The van der Waals surface area contributed by atoms with Crippen LogP contribution in [0.4, 0.5) is 5.82 Å². The summed E-state index contributed by atoms with van der Waals surface area (Å²) in [5.41, 5.74) is 0. The van der Waals surface area contributed by atoms with E-state index in [1.54, 1.807) is 0 Å². The van der Waals surface area contributed by atoms with Gasteiger partial charge < -0.3 is 19.7 Å². The molecule has 110 valence electrons. The number of pyridine rings is 1. The SMILES string of the molecule is c1cc2cc3c(cc2c(N2CCNCC2)n1)OCCCO3. The second kappa shape index (κ2) is 5.41. The Balaban J connectivity index is 1.82. The van der Waals surface area contributed by atoms with Crippen LogP contribution in [0, 0.1) is 0 Å². The van der Waals surface area contributed by atoms with Crippen molar-refractivity contribution in [2.45, 2.75) is 6.42 Å². The van der Waals surface area contributed by atoms with Crippen LogP contribution >= 0.6 is 0 Å². The first-order valence-corrected chi connectivity index (χ1v) is 7.56. The third kappa shape index (κ3) is 2.38. The van der Waals surface area contributed by atoms with Gasteiger partial charge in [-0.2, -0.15) is 0 Å². The van der Waals surface area contributed by atoms with E-state index in [-0.39, 0.29) is 0 Å². The average molecular weight is 285 g/mol. The molecule has 0 bridgehead atoms. The smallest absolute Gasteiger partial charge is 0.161 e. The highest BCUT2D eigenvalue weighted by molar-refractivity contribution is 5.94. The van der Waals surface area contributed by atoms with E-state index in [1.807, 2.05) is 12.3 Å². The highest BCUT2D eigenvalue weighted by Crippen LogP contribution is 2.37. The topological polar surface area (TPSA) is 46.6 Å². The second-order valence-electron chi connectivity index (χ2n) is 5.44. The zero-order valence-electron chi connectivity index (χ0n) is 12.0. The number of nitrogens with one attached hydrogen (secondary N) is 1. The van der Waals surface area contributed by atoms with E-state index in [9.17, 15) is 0 Å². The summed E-state index contributed by atoms with van der Waals surface area (Å²) in [6.45, 7) is 5.41. The van der Waals surface area contributed by atoms with Crippen molar-refractivity contribution >= 4 is 16.6 Å². The van der Waals surface area contributed by atoms with Gasteiger partial charge in [-0.15, -0.1) is 0 Å². The Bertz CT molecular complexity index is 653. The van der Waals surface area contributed by atoms with Gasteiger partial charge in [0.25, 0.3) is 0 Å². The molecule has 2 aliphatic rings. The predicted octanol–water partition coefficient (Wildman–Crippen LogP) is 1.81. The summed E-state index contributed by atoms with van der Waals surface area (Å²) in [6, 6.07) is 6.19. The fourth-order valence-corrected chi connectivity index (χ4v) is 2.94. The van der Waals surface area contributed by atoms with Gasteiger partial charge in [0.05, 0.1) is 13.2 Å². The summed E-state index contributed by atoms with van der Waals surface area (Å²) in [5.74, 6) is 2.73. The fraction of sp³-hybridized carbons (Fsp3) is 0.438. The third-order valence-corrected chi connectivity index (χ3v) is 4.03. The van der Waals surface area contributed by atoms with Crippen molar-refractivity contribution in [3.8, 4) is 11.5 Å². The van der Waals surface area contributed by atoms with Gasteiger partial charge in [0.1, 0.15) is 5.82 Å². The molecule has 1 aromatic carbocycles. The molecule has 5 nitrogen and oxygen atoms in total. The minimum atomic E-state index is 0.710. The Morgan fingerprint density at radius 2 is 1.81 bits per heavy atom. The summed E-state index contributed by atoms with van der Waals surface area (Å²) in [4.78, 5) is 6.94. The number of piperazine rings is 1. The number of nitrogens with zero attached hydrogens (tertiary/aromatic N) is 2. The quantitative estimate of drug-likeness (QED) is 0.866. The summed E-state index contributed by atoms with van der Waals surface area (Å²) in [7, 11) is 0. The minimum absolute atomic E-state index is 0.710. The molecule has 0 aliphatic carbocycles. The molecule has 0 atom stereocenters. The Morgan fingerprint density at radius 3 is 2.62 bits per heavy atom. The van der Waals surface area contributed by atoms with Crippen molar-refractivity contribution in [3.63, 3.8) is 0 Å². The van der Waals surface area contributed by atoms with Crippen LogP contribution < -0.4 is 19.7 Å². The highest BCUT2D eigenvalue weighted by atomic mass is 16.5. The standard InChI is InChI=1S/C16H19N3O2/c1-8-20-14-10-12-2-3-18-16(19-6-4-17-5-7-19)13(12)11-15(14)21-9-1/h2-3,10-11,17H,1,4-9H2. The van der Waals surface area contributed by atoms with Crippen LogP contribution in [0.5, 0.6) is 11.5 Å². The molecule has 3 heterocycles. The number of ether oxygens (including phenoxy) is 2. The fourth-order valence-electron chi connectivity index (χ4n) is 2.94. The molecule has 4 rings (SSSR count). The molecule has 0 amide bonds. The number of fused-ring (bicyclic) bond motifs is 2. The van der Waals surface area contributed by atoms with Gasteiger partial charge in [0, 0.05) is 44.2 Å². The number of hydrogen-bond acceptors (Lipinski definition) is 5. The van der Waals surface area contributed by atoms with Crippen LogP contribution in [0.1, 0.15) is 6.42 Å². The van der Waals surface area contributed by atoms with E-state index in [0.717, 1.165) is 60.7 Å². The van der Waals surface area contributed by atoms with Crippen LogP contribution in [-0.4, -0.2) is 44.4 Å². The lowest BCUT2D eigenvalue weighted by atomic mass is 10.1. The highest BCUT2D eigenvalue weighted by Gasteiger charge is 2.18. The molecule has 1 aromatic heterocycles. The molecular formula is C16H19N3O2. The lowest BCUT2D eigenvalue weighted by Crippen LogP contribution is -2.43. The Morgan fingerprint density at radius 1 is 1.05 bits per heavy atom. The lowest BCUT2D eigenvalue weighted by Gasteiger charge is -2.29. The Kier molecular flexibility index (Phi) is 3.27. The minimum Gasteiger partial charge on any atom is -0.490 e. The van der Waals surface area contributed by atoms with Crippen LogP contribution in [0.3, 0.4) is 0 Å². The third-order valence-electron chi connectivity index (χ3n) is 4.03. The first-order valence-electron chi connectivity index (χ1n) is 7.56. The maximum absolute atomic E-state index is 5.82. The van der Waals surface area contributed by atoms with Crippen LogP contribution in [-0.2, 0) is 0 Å². The van der Waals surface area contributed by atoms with E-state index in [0.29, 0.717) is 13.2 Å². The molecule has 1 fully saturated rings. The monoisotopic (exact) mass is 285 g/mol. The first-order chi connectivity index (χ1) is 10.4. The molecule has 2 aliphatic heterocycles. The Hall–Kier alpha value is -2.01. The van der Waals surface area contributed by atoms with Crippen molar-refractivity contribution in [1.82, 2.24) is 10.3 Å². The molecule has 0 saturated carbocycles. The summed E-state index contributed by atoms with van der Waals surface area (Å²) in [5, 5.41) is 5.67. The van der Waals surface area contributed by atoms with Crippen LogP contribution in [0.15, 0.2) is 24.4 Å². The second-order valence-corrected chi connectivity index (χ2v) is 5.44. The van der Waals surface area contributed by atoms with Gasteiger partial charge in [-0.25, -0.2) is 4.98 Å². The predicted molar refractivity (Wildman–Crippen MR) is 82.4 cm³/mol. The van der Waals surface area contributed by atoms with E-state index >= 15 is 0 Å². The van der Waals surface area contributed by atoms with Crippen molar-refractivity contribution in [2.75, 3.05) is 44.3 Å². The normalized spacial score (nSPS) is 18.6. The number of benzene rings is 1. The molecular weight excluding hydrogens is 266 g/mol. The molecule has 0 spiro atoms. The molecule has 21 heavy (non-hydrogen) atoms. The largest absolute Gasteiger partial charge is 0.490 e. The van der Waals surface area contributed by atoms with Gasteiger partial charge in [-0.3, -0.25) is 0 Å². The number of anilines is 1. The van der Waals surface area contributed by atoms with Gasteiger partial charge >= 0.3 is 0 Å². The number of rotatable bonds is 1. The van der Waals surface area contributed by atoms with Crippen molar-refractivity contribution < 1.29 is 9.47 Å². The number of aromatic nitrogens is 1. The van der Waals surface area contributed by atoms with Crippen molar-refractivity contribution in [2.24, 2.45) is 0 Å². The van der Waals surface area contributed by atoms with Gasteiger partial charge in [0.2, 0.25) is 0 Å². The maximum Gasteiger partial charge on any atom is 0.161 e. The molecule has 0 unspecified atom stereocenters. The molecule has 5 heteroatoms. The summed E-state index contributed by atoms with van der Waals surface area (Å²) in [6.07, 6.45) is 2.80.